The van der Waals surface area contributed by atoms with Gasteiger partial charge in [-0.25, -0.2) is 14.0 Å². The van der Waals surface area contributed by atoms with E-state index in [-0.39, 0.29) is 24.6 Å². The lowest BCUT2D eigenvalue weighted by molar-refractivity contribution is -0.139. The molecule has 2 heterocycles. The average Bonchev–Trinajstić information content (AvgIpc) is 2.88. The second-order valence-corrected chi connectivity index (χ2v) is 9.71. The predicted molar refractivity (Wildman–Crippen MR) is 142 cm³/mol. The van der Waals surface area contributed by atoms with Crippen LogP contribution in [0.2, 0.25) is 0 Å². The minimum atomic E-state index is -0.632. The quantitative estimate of drug-likeness (QED) is 0.558. The molecule has 1 fully saturated rings. The fourth-order valence-electron chi connectivity index (χ4n) is 5.23. The van der Waals surface area contributed by atoms with Crippen LogP contribution < -0.4 is 5.32 Å². The van der Waals surface area contributed by atoms with E-state index in [0.717, 1.165) is 11.1 Å². The van der Waals surface area contributed by atoms with Crippen LogP contribution in [0.1, 0.15) is 48.3 Å². The standard InChI is InChI=1S/C29H35FN4O4/c1-5-33-24(18-32-13-14-34(20(4)17-32)27(35)22-11-8-12-23(30)16-22)25(28(36)38-6-2)26(31-29(33)37)21-10-7-9-19(3)15-21/h7-12,15-16,20,26H,5-6,13-14,17-18H2,1-4H3,(H,31,37). The van der Waals surface area contributed by atoms with E-state index in [4.69, 9.17) is 4.74 Å². The first-order valence-electron chi connectivity index (χ1n) is 13.1. The van der Waals surface area contributed by atoms with Gasteiger partial charge in [0, 0.05) is 50.0 Å². The molecule has 0 saturated carbocycles. The Morgan fingerprint density at radius 2 is 1.87 bits per heavy atom. The van der Waals surface area contributed by atoms with Gasteiger partial charge in [-0.2, -0.15) is 0 Å². The van der Waals surface area contributed by atoms with Crippen molar-refractivity contribution >= 4 is 17.9 Å². The van der Waals surface area contributed by atoms with Crippen LogP contribution in [0.5, 0.6) is 0 Å². The van der Waals surface area contributed by atoms with E-state index in [2.05, 4.69) is 10.2 Å². The number of urea groups is 1. The number of hydrogen-bond donors (Lipinski definition) is 1. The van der Waals surface area contributed by atoms with Crippen molar-refractivity contribution in [1.29, 1.82) is 0 Å². The number of amides is 3. The average molecular weight is 523 g/mol. The molecule has 4 rings (SSSR count). The van der Waals surface area contributed by atoms with Gasteiger partial charge < -0.3 is 15.0 Å². The molecule has 0 aliphatic carbocycles. The Hall–Kier alpha value is -3.72. The van der Waals surface area contributed by atoms with Crippen molar-refractivity contribution in [3.05, 3.63) is 82.3 Å². The Kier molecular flexibility index (Phi) is 8.46. The number of ether oxygens (including phenoxy) is 1. The lowest BCUT2D eigenvalue weighted by Crippen LogP contribution is -2.56. The van der Waals surface area contributed by atoms with E-state index < -0.39 is 17.8 Å². The summed E-state index contributed by atoms with van der Waals surface area (Å²) in [6, 6.07) is 12.4. The summed E-state index contributed by atoms with van der Waals surface area (Å²) in [5.74, 6) is -1.12. The molecule has 38 heavy (non-hydrogen) atoms. The van der Waals surface area contributed by atoms with Crippen LogP contribution >= 0.6 is 0 Å². The minimum absolute atomic E-state index is 0.147. The monoisotopic (exact) mass is 522 g/mol. The molecule has 2 aliphatic heterocycles. The van der Waals surface area contributed by atoms with Gasteiger partial charge in [-0.05, 0) is 51.5 Å². The van der Waals surface area contributed by atoms with Crippen LogP contribution in [0.15, 0.2) is 59.8 Å². The summed E-state index contributed by atoms with van der Waals surface area (Å²) in [7, 11) is 0. The number of carbonyl (C=O) groups is 3. The first kappa shape index (κ1) is 27.3. The molecule has 1 saturated heterocycles. The number of piperazine rings is 1. The molecular formula is C29H35FN4O4. The molecule has 0 bridgehead atoms. The van der Waals surface area contributed by atoms with Gasteiger partial charge >= 0.3 is 12.0 Å². The second-order valence-electron chi connectivity index (χ2n) is 9.71. The minimum Gasteiger partial charge on any atom is -0.463 e. The number of hydrogen-bond acceptors (Lipinski definition) is 5. The SMILES string of the molecule is CCOC(=O)C1=C(CN2CCN(C(=O)c3cccc(F)c3)C(C)C2)N(CC)C(=O)NC1c1cccc(C)c1. The van der Waals surface area contributed by atoms with E-state index in [9.17, 15) is 18.8 Å². The van der Waals surface area contributed by atoms with Crippen molar-refractivity contribution < 1.29 is 23.5 Å². The van der Waals surface area contributed by atoms with Gasteiger partial charge in [0.05, 0.1) is 18.2 Å². The molecule has 2 aromatic rings. The summed E-state index contributed by atoms with van der Waals surface area (Å²) in [6.07, 6.45) is 0. The molecule has 0 aromatic heterocycles. The van der Waals surface area contributed by atoms with Crippen LogP contribution in [0.3, 0.4) is 0 Å². The molecule has 2 aromatic carbocycles. The van der Waals surface area contributed by atoms with Gasteiger partial charge in [0.15, 0.2) is 0 Å². The number of rotatable bonds is 7. The highest BCUT2D eigenvalue weighted by Gasteiger charge is 2.39. The molecule has 9 heteroatoms. The molecule has 8 nitrogen and oxygen atoms in total. The largest absolute Gasteiger partial charge is 0.463 e. The molecule has 1 N–H and O–H groups in total. The van der Waals surface area contributed by atoms with Crippen LogP contribution in [0.4, 0.5) is 9.18 Å². The summed E-state index contributed by atoms with van der Waals surface area (Å²) in [6.45, 7) is 10.0. The fraction of sp³-hybridized carbons (Fsp3) is 0.414. The highest BCUT2D eigenvalue weighted by Crippen LogP contribution is 2.33. The molecule has 3 amide bonds. The van der Waals surface area contributed by atoms with Gasteiger partial charge in [0.2, 0.25) is 0 Å². The number of nitrogens with zero attached hydrogens (tertiary/aromatic N) is 3. The third kappa shape index (κ3) is 5.72. The predicted octanol–water partition coefficient (Wildman–Crippen LogP) is 3.88. The van der Waals surface area contributed by atoms with Crippen molar-refractivity contribution in [1.82, 2.24) is 20.0 Å². The van der Waals surface area contributed by atoms with Crippen molar-refractivity contribution in [3.8, 4) is 0 Å². The van der Waals surface area contributed by atoms with Gasteiger partial charge in [-0.3, -0.25) is 14.6 Å². The zero-order valence-corrected chi connectivity index (χ0v) is 22.4. The second kappa shape index (κ2) is 11.8. The number of aryl methyl sites for hydroxylation is 1. The third-order valence-corrected chi connectivity index (χ3v) is 7.04. The number of halogens is 1. The van der Waals surface area contributed by atoms with Gasteiger partial charge in [0.25, 0.3) is 5.91 Å². The maximum Gasteiger partial charge on any atom is 0.338 e. The first-order chi connectivity index (χ1) is 18.2. The molecule has 2 unspecified atom stereocenters. The number of likely N-dealkylation sites (N-methyl/N-ethyl adjacent to an activating group) is 1. The van der Waals surface area contributed by atoms with Crippen LogP contribution in [-0.2, 0) is 9.53 Å². The normalized spacial score (nSPS) is 20.4. The van der Waals surface area contributed by atoms with Crippen molar-refractivity contribution in [2.45, 2.75) is 39.8 Å². The van der Waals surface area contributed by atoms with Crippen molar-refractivity contribution in [2.75, 3.05) is 39.3 Å². The molecule has 202 valence electrons. The van der Waals surface area contributed by atoms with Gasteiger partial charge in [-0.15, -0.1) is 0 Å². The number of nitrogens with one attached hydrogen (secondary N) is 1. The lowest BCUT2D eigenvalue weighted by Gasteiger charge is -2.43. The topological polar surface area (TPSA) is 82.2 Å². The van der Waals surface area contributed by atoms with E-state index >= 15 is 0 Å². The summed E-state index contributed by atoms with van der Waals surface area (Å²) < 4.78 is 19.2. The zero-order valence-electron chi connectivity index (χ0n) is 22.4. The van der Waals surface area contributed by atoms with E-state index in [1.165, 1.54) is 18.2 Å². The van der Waals surface area contributed by atoms with Gasteiger partial charge in [-0.1, -0.05) is 35.9 Å². The van der Waals surface area contributed by atoms with Crippen LogP contribution in [0, 0.1) is 12.7 Å². The van der Waals surface area contributed by atoms with Gasteiger partial charge in [0.1, 0.15) is 5.82 Å². The highest BCUT2D eigenvalue weighted by molar-refractivity contribution is 5.95. The maximum absolute atomic E-state index is 13.7. The number of benzene rings is 2. The van der Waals surface area contributed by atoms with E-state index in [1.807, 2.05) is 45.0 Å². The Balaban J connectivity index is 1.63. The number of esters is 1. The maximum atomic E-state index is 13.7. The molecular weight excluding hydrogens is 487 g/mol. The first-order valence-corrected chi connectivity index (χ1v) is 13.1. The summed E-state index contributed by atoms with van der Waals surface area (Å²) in [5, 5.41) is 3.00. The van der Waals surface area contributed by atoms with Crippen LogP contribution in [0.25, 0.3) is 0 Å². The highest BCUT2D eigenvalue weighted by atomic mass is 19.1. The van der Waals surface area contributed by atoms with Crippen LogP contribution in [-0.4, -0.2) is 78.0 Å². The molecule has 2 atom stereocenters. The van der Waals surface area contributed by atoms with Crippen molar-refractivity contribution in [2.24, 2.45) is 0 Å². The zero-order chi connectivity index (χ0) is 27.4. The Bertz CT molecular complexity index is 1250. The Morgan fingerprint density at radius 1 is 1.11 bits per heavy atom. The Morgan fingerprint density at radius 3 is 2.53 bits per heavy atom. The number of carbonyl (C=O) groups excluding carboxylic acids is 3. The smallest absolute Gasteiger partial charge is 0.338 e. The third-order valence-electron chi connectivity index (χ3n) is 7.04. The summed E-state index contributed by atoms with van der Waals surface area (Å²) in [5.41, 5.74) is 3.18. The van der Waals surface area contributed by atoms with E-state index in [1.54, 1.807) is 22.8 Å². The Labute approximate surface area is 223 Å². The lowest BCUT2D eigenvalue weighted by atomic mass is 9.93. The fourth-order valence-corrected chi connectivity index (χ4v) is 5.23. The van der Waals surface area contributed by atoms with E-state index in [0.29, 0.717) is 49.6 Å². The summed E-state index contributed by atoms with van der Waals surface area (Å²) >= 11 is 0. The molecule has 0 spiro atoms. The summed E-state index contributed by atoms with van der Waals surface area (Å²) in [4.78, 5) is 45.0. The van der Waals surface area contributed by atoms with Crippen molar-refractivity contribution in [3.63, 3.8) is 0 Å². The molecule has 0 radical (unpaired) electrons. The molecule has 2 aliphatic rings.